The SMILES string of the molecule is CNC(=O)[C@H]1CN(C(=O)/C=C/c2ccc(Br)s2)c2ccccc2O1. The number of thiophene rings is 1. The smallest absolute Gasteiger partial charge is 0.262 e. The quantitative estimate of drug-likeness (QED) is 0.796. The standard InChI is InChI=1S/C17H15BrN2O3S/c1-19-17(22)14-10-20(12-4-2-3-5-13(12)23-14)16(21)9-7-11-6-8-15(18)24-11/h2-9,14H,10H2,1H3,(H,19,22)/b9-7+/t14-/m1/s1. The summed E-state index contributed by atoms with van der Waals surface area (Å²) >= 11 is 4.94. The summed E-state index contributed by atoms with van der Waals surface area (Å²) in [4.78, 5) is 27.1. The van der Waals surface area contributed by atoms with Crippen LogP contribution in [0.4, 0.5) is 5.69 Å². The van der Waals surface area contributed by atoms with E-state index >= 15 is 0 Å². The molecule has 0 saturated carbocycles. The van der Waals surface area contributed by atoms with Gasteiger partial charge in [-0.25, -0.2) is 0 Å². The number of ether oxygens (including phenoxy) is 1. The molecule has 2 amide bonds. The molecule has 24 heavy (non-hydrogen) atoms. The van der Waals surface area contributed by atoms with E-state index in [9.17, 15) is 9.59 Å². The molecule has 0 radical (unpaired) electrons. The normalized spacial score (nSPS) is 16.6. The van der Waals surface area contributed by atoms with Crippen LogP contribution in [0, 0.1) is 0 Å². The van der Waals surface area contributed by atoms with Crippen LogP contribution in [0.25, 0.3) is 6.08 Å². The summed E-state index contributed by atoms with van der Waals surface area (Å²) in [6, 6.07) is 11.1. The van der Waals surface area contributed by atoms with E-state index < -0.39 is 6.10 Å². The Kier molecular flexibility index (Phi) is 5.01. The van der Waals surface area contributed by atoms with Gasteiger partial charge in [-0.3, -0.25) is 9.59 Å². The fourth-order valence-corrected chi connectivity index (χ4v) is 3.73. The zero-order chi connectivity index (χ0) is 17.1. The van der Waals surface area contributed by atoms with E-state index in [4.69, 9.17) is 4.74 Å². The number of para-hydroxylation sites is 2. The van der Waals surface area contributed by atoms with E-state index in [0.29, 0.717) is 11.4 Å². The monoisotopic (exact) mass is 406 g/mol. The second kappa shape index (κ2) is 7.19. The zero-order valence-electron chi connectivity index (χ0n) is 12.9. The molecule has 1 aromatic carbocycles. The summed E-state index contributed by atoms with van der Waals surface area (Å²) < 4.78 is 6.70. The fraction of sp³-hybridized carbons (Fsp3) is 0.176. The molecule has 0 fully saturated rings. The van der Waals surface area contributed by atoms with Gasteiger partial charge in [-0.15, -0.1) is 11.3 Å². The highest BCUT2D eigenvalue weighted by Gasteiger charge is 2.32. The molecule has 0 saturated heterocycles. The summed E-state index contributed by atoms with van der Waals surface area (Å²) in [6.07, 6.45) is 2.56. The van der Waals surface area contributed by atoms with Crippen LogP contribution in [0.15, 0.2) is 46.3 Å². The summed E-state index contributed by atoms with van der Waals surface area (Å²) in [5.41, 5.74) is 0.666. The van der Waals surface area contributed by atoms with Crippen LogP contribution >= 0.6 is 27.3 Å². The molecule has 1 atom stereocenters. The molecule has 1 N–H and O–H groups in total. The van der Waals surface area contributed by atoms with E-state index in [2.05, 4.69) is 21.2 Å². The Morgan fingerprint density at radius 1 is 1.33 bits per heavy atom. The minimum Gasteiger partial charge on any atom is -0.477 e. The number of carbonyl (C=O) groups excluding carboxylic acids is 2. The van der Waals surface area contributed by atoms with Gasteiger partial charge in [-0.05, 0) is 46.3 Å². The molecule has 3 rings (SSSR count). The molecular weight excluding hydrogens is 392 g/mol. The number of rotatable bonds is 3. The topological polar surface area (TPSA) is 58.6 Å². The van der Waals surface area contributed by atoms with Crippen molar-refractivity contribution in [3.8, 4) is 5.75 Å². The van der Waals surface area contributed by atoms with Gasteiger partial charge in [0.1, 0.15) is 5.75 Å². The number of fused-ring (bicyclic) bond motifs is 1. The summed E-state index contributed by atoms with van der Waals surface area (Å²) in [6.45, 7) is 0.175. The van der Waals surface area contributed by atoms with Gasteiger partial charge in [0.15, 0.2) is 6.10 Å². The van der Waals surface area contributed by atoms with Gasteiger partial charge in [-0.1, -0.05) is 12.1 Å². The Bertz CT molecular complexity index is 803. The number of nitrogens with one attached hydrogen (secondary N) is 1. The number of amides is 2. The van der Waals surface area contributed by atoms with Gasteiger partial charge in [0.2, 0.25) is 0 Å². The average Bonchev–Trinajstić information content (AvgIpc) is 3.03. The molecule has 1 aliphatic rings. The van der Waals surface area contributed by atoms with Crippen molar-refractivity contribution in [1.29, 1.82) is 0 Å². The third-order valence-corrected chi connectivity index (χ3v) is 5.15. The molecule has 2 heterocycles. The van der Waals surface area contributed by atoms with Crippen molar-refractivity contribution in [3.63, 3.8) is 0 Å². The third-order valence-electron chi connectivity index (χ3n) is 3.56. The van der Waals surface area contributed by atoms with Crippen molar-refractivity contribution in [2.75, 3.05) is 18.5 Å². The number of hydrogen-bond donors (Lipinski definition) is 1. The van der Waals surface area contributed by atoms with Crippen molar-refractivity contribution in [2.45, 2.75) is 6.10 Å². The number of hydrogen-bond acceptors (Lipinski definition) is 4. The molecule has 2 aromatic rings. The van der Waals surface area contributed by atoms with E-state index in [1.54, 1.807) is 35.4 Å². The van der Waals surface area contributed by atoms with Crippen LogP contribution < -0.4 is 15.0 Å². The third kappa shape index (κ3) is 3.52. The molecule has 0 aliphatic carbocycles. The summed E-state index contributed by atoms with van der Waals surface area (Å²) in [5, 5.41) is 2.56. The molecule has 1 aliphatic heterocycles. The van der Waals surface area contributed by atoms with Crippen molar-refractivity contribution in [1.82, 2.24) is 5.32 Å². The van der Waals surface area contributed by atoms with Crippen LogP contribution in [0.1, 0.15) is 4.88 Å². The maximum atomic E-state index is 12.6. The maximum absolute atomic E-state index is 12.6. The Morgan fingerprint density at radius 2 is 2.12 bits per heavy atom. The first-order valence-corrected chi connectivity index (χ1v) is 8.91. The number of halogens is 1. The highest BCUT2D eigenvalue weighted by atomic mass is 79.9. The molecule has 124 valence electrons. The fourth-order valence-electron chi connectivity index (χ4n) is 2.40. The maximum Gasteiger partial charge on any atom is 0.262 e. The first-order valence-electron chi connectivity index (χ1n) is 7.30. The van der Waals surface area contributed by atoms with Crippen molar-refractivity contribution in [2.24, 2.45) is 0 Å². The predicted octanol–water partition coefficient (Wildman–Crippen LogP) is 3.06. The first kappa shape index (κ1) is 16.7. The van der Waals surface area contributed by atoms with Crippen LogP contribution in [0.2, 0.25) is 0 Å². The molecule has 0 spiro atoms. The van der Waals surface area contributed by atoms with Crippen molar-refractivity contribution >= 4 is 50.8 Å². The molecule has 0 unspecified atom stereocenters. The van der Waals surface area contributed by atoms with E-state index in [1.165, 1.54) is 6.08 Å². The number of likely N-dealkylation sites (N-methyl/N-ethyl adjacent to an activating group) is 1. The Hall–Kier alpha value is -2.12. The summed E-state index contributed by atoms with van der Waals surface area (Å²) in [5.74, 6) is 0.0793. The molecule has 5 nitrogen and oxygen atoms in total. The lowest BCUT2D eigenvalue weighted by Gasteiger charge is -2.33. The zero-order valence-corrected chi connectivity index (χ0v) is 15.3. The predicted molar refractivity (Wildman–Crippen MR) is 98.3 cm³/mol. The first-order chi connectivity index (χ1) is 11.6. The van der Waals surface area contributed by atoms with Crippen molar-refractivity contribution in [3.05, 3.63) is 51.1 Å². The lowest BCUT2D eigenvalue weighted by molar-refractivity contribution is -0.127. The van der Waals surface area contributed by atoms with Crippen LogP contribution in [0.5, 0.6) is 5.75 Å². The van der Waals surface area contributed by atoms with Crippen molar-refractivity contribution < 1.29 is 14.3 Å². The number of benzene rings is 1. The van der Waals surface area contributed by atoms with E-state index in [-0.39, 0.29) is 18.4 Å². The minimum absolute atomic E-state index is 0.175. The van der Waals surface area contributed by atoms with Gasteiger partial charge in [0.05, 0.1) is 16.0 Å². The highest BCUT2D eigenvalue weighted by molar-refractivity contribution is 9.11. The largest absolute Gasteiger partial charge is 0.477 e. The minimum atomic E-state index is -0.724. The molecule has 1 aromatic heterocycles. The lowest BCUT2D eigenvalue weighted by atomic mass is 10.1. The Balaban J connectivity index is 1.86. The second-order valence-corrected chi connectivity index (χ2v) is 7.61. The van der Waals surface area contributed by atoms with Gasteiger partial charge >= 0.3 is 0 Å². The Morgan fingerprint density at radius 3 is 2.83 bits per heavy atom. The van der Waals surface area contributed by atoms with Crippen LogP contribution in [0.3, 0.4) is 0 Å². The van der Waals surface area contributed by atoms with E-state index in [0.717, 1.165) is 8.66 Å². The highest BCUT2D eigenvalue weighted by Crippen LogP contribution is 2.33. The number of anilines is 1. The van der Waals surface area contributed by atoms with Gasteiger partial charge < -0.3 is 15.0 Å². The lowest BCUT2D eigenvalue weighted by Crippen LogP contribution is -2.49. The number of nitrogens with zero attached hydrogens (tertiary/aromatic N) is 1. The molecular formula is C17H15BrN2O3S. The Labute approximate surface area is 152 Å². The number of carbonyl (C=O) groups is 2. The average molecular weight is 407 g/mol. The molecule has 7 heteroatoms. The van der Waals surface area contributed by atoms with E-state index in [1.807, 2.05) is 30.3 Å². The van der Waals surface area contributed by atoms with Crippen LogP contribution in [-0.2, 0) is 9.59 Å². The van der Waals surface area contributed by atoms with Crippen LogP contribution in [-0.4, -0.2) is 31.5 Å². The van der Waals surface area contributed by atoms with Gasteiger partial charge in [0, 0.05) is 18.0 Å². The second-order valence-electron chi connectivity index (χ2n) is 5.11. The summed E-state index contributed by atoms with van der Waals surface area (Å²) in [7, 11) is 1.55. The molecule has 0 bridgehead atoms. The van der Waals surface area contributed by atoms with Gasteiger partial charge in [0.25, 0.3) is 11.8 Å². The van der Waals surface area contributed by atoms with Gasteiger partial charge in [-0.2, -0.15) is 0 Å².